The molecule has 12 heteroatoms. The van der Waals surface area contributed by atoms with Crippen molar-refractivity contribution in [2.24, 2.45) is 0 Å². The fourth-order valence-electron chi connectivity index (χ4n) is 4.70. The van der Waals surface area contributed by atoms with Gasteiger partial charge >= 0.3 is 6.09 Å². The molecule has 0 bridgehead atoms. The van der Waals surface area contributed by atoms with Crippen LogP contribution >= 0.6 is 0 Å². The normalized spacial score (nSPS) is 12.2. The Kier molecular flexibility index (Phi) is 12.6. The van der Waals surface area contributed by atoms with Gasteiger partial charge in [0.1, 0.15) is 22.6 Å². The average molecular weight is 693 g/mol. The van der Waals surface area contributed by atoms with E-state index in [0.717, 1.165) is 25.2 Å². The molecule has 0 radical (unpaired) electrons. The van der Waals surface area contributed by atoms with Crippen LogP contribution in [0.3, 0.4) is 0 Å². The molecule has 1 N–H and O–H groups in total. The molecule has 1 amide bonds. The highest BCUT2D eigenvalue weighted by atomic mass is 19.3. The zero-order valence-electron chi connectivity index (χ0n) is 29.8. The number of carbonyl (C=O) groups is 2. The predicted molar refractivity (Wildman–Crippen MR) is 183 cm³/mol. The maximum atomic E-state index is 15.1. The number of hydrogen-bond acceptors (Lipinski definition) is 8. The number of hydrogen-bond donors (Lipinski definition) is 1. The van der Waals surface area contributed by atoms with E-state index >= 15 is 8.78 Å². The summed E-state index contributed by atoms with van der Waals surface area (Å²) in [6.45, 7) is 12.4. The van der Waals surface area contributed by atoms with E-state index in [4.69, 9.17) is 13.9 Å². The number of aromatic nitrogens is 2. The zero-order valence-corrected chi connectivity index (χ0v) is 29.8. The third kappa shape index (κ3) is 10.4. The lowest BCUT2D eigenvalue weighted by atomic mass is 9.94. The molecule has 4 aromatic rings. The Bertz CT molecular complexity index is 1780. The van der Waals surface area contributed by atoms with Gasteiger partial charge in [0.25, 0.3) is 11.8 Å². The summed E-state index contributed by atoms with van der Waals surface area (Å²) >= 11 is 0. The second-order valence-electron chi connectivity index (χ2n) is 13.3. The first-order chi connectivity index (χ1) is 23.3. The highest BCUT2D eigenvalue weighted by Crippen LogP contribution is 2.38. The van der Waals surface area contributed by atoms with E-state index in [-0.39, 0.29) is 22.9 Å². The number of nitrogens with one attached hydrogen (secondary N) is 1. The number of alkyl carbamates (subject to hydrolysis) is 1. The number of aryl methyl sites for hydroxylation is 2. The zero-order chi connectivity index (χ0) is 37.4. The Morgan fingerprint density at radius 1 is 0.980 bits per heavy atom. The van der Waals surface area contributed by atoms with Crippen LogP contribution in [0, 0.1) is 24.1 Å². The summed E-state index contributed by atoms with van der Waals surface area (Å²) in [7, 11) is 1.69. The van der Waals surface area contributed by atoms with Gasteiger partial charge < -0.3 is 19.2 Å². The van der Waals surface area contributed by atoms with E-state index in [2.05, 4.69) is 58.8 Å². The van der Waals surface area contributed by atoms with Crippen molar-refractivity contribution in [2.45, 2.75) is 91.2 Å². The molecule has 266 valence electrons. The first kappa shape index (κ1) is 39.3. The second-order valence-corrected chi connectivity index (χ2v) is 13.3. The van der Waals surface area contributed by atoms with Crippen LogP contribution in [0.1, 0.15) is 77.5 Å². The van der Waals surface area contributed by atoms with Crippen molar-refractivity contribution < 1.29 is 36.7 Å². The molecule has 0 fully saturated rings. The number of alkyl halides is 2. The predicted octanol–water partition coefficient (Wildman–Crippen LogP) is 8.87. The minimum Gasteiger partial charge on any atom is -0.497 e. The molecule has 1 heterocycles. The molecule has 0 saturated carbocycles. The van der Waals surface area contributed by atoms with Crippen molar-refractivity contribution in [1.82, 2.24) is 15.5 Å². The van der Waals surface area contributed by atoms with Gasteiger partial charge in [-0.25, -0.2) is 18.0 Å². The third-order valence-corrected chi connectivity index (χ3v) is 7.61. The number of Topliss-reactive ketones (excluding diaryl/α,β-unsaturated/α-hetero) is 1. The van der Waals surface area contributed by atoms with Crippen molar-refractivity contribution >= 4 is 11.9 Å². The molecule has 0 aliphatic heterocycles. The molecular formula is C38H43F3N4O5. The van der Waals surface area contributed by atoms with Gasteiger partial charge in [-0.2, -0.15) is 5.26 Å². The molecule has 1 unspecified atom stereocenters. The van der Waals surface area contributed by atoms with Gasteiger partial charge in [0.15, 0.2) is 5.78 Å². The van der Waals surface area contributed by atoms with E-state index in [0.29, 0.717) is 6.07 Å². The molecular weight excluding hydrogens is 649 g/mol. The lowest BCUT2D eigenvalue weighted by Crippen LogP contribution is -2.45. The number of ketones is 1. The first-order valence-corrected chi connectivity index (χ1v) is 16.0. The molecule has 4 rings (SSSR count). The third-order valence-electron chi connectivity index (χ3n) is 7.61. The van der Waals surface area contributed by atoms with Crippen molar-refractivity contribution in [3.05, 3.63) is 89.1 Å². The molecule has 0 saturated heterocycles. The summed E-state index contributed by atoms with van der Waals surface area (Å²) < 4.78 is 60.7. The smallest absolute Gasteiger partial charge is 0.408 e. The van der Waals surface area contributed by atoms with E-state index in [1.807, 2.05) is 18.2 Å². The van der Waals surface area contributed by atoms with Crippen molar-refractivity contribution in [2.75, 3.05) is 7.11 Å². The largest absolute Gasteiger partial charge is 0.497 e. The van der Waals surface area contributed by atoms with Crippen LogP contribution in [-0.2, 0) is 27.3 Å². The first-order valence-electron chi connectivity index (χ1n) is 16.0. The van der Waals surface area contributed by atoms with Crippen molar-refractivity contribution in [3.8, 4) is 34.4 Å². The van der Waals surface area contributed by atoms with Gasteiger partial charge in [0.2, 0.25) is 5.89 Å². The lowest BCUT2D eigenvalue weighted by Gasteiger charge is -2.26. The van der Waals surface area contributed by atoms with E-state index in [1.165, 1.54) is 37.5 Å². The fourth-order valence-corrected chi connectivity index (χ4v) is 4.70. The van der Waals surface area contributed by atoms with Crippen LogP contribution < -0.4 is 10.1 Å². The quantitative estimate of drug-likeness (QED) is 0.175. The van der Waals surface area contributed by atoms with Crippen LogP contribution in [-0.4, -0.2) is 40.8 Å². The standard InChI is InChI=1S/C23H27F3N4O4.C15H16O/c1-12-8-14(18-29-30-19(33-18)22(6,7)11-27)16(24)9-15(12)23(25,26)10-17(13(2)31)28-20(32)34-21(3,4)5;1-3-12-4-6-13(7-5-12)14-8-10-15(16-2)11-9-14/h8-9,17H,10H2,1-7H3,(H,28,32);4-11H,3H2,1-2H3. The van der Waals surface area contributed by atoms with Gasteiger partial charge in [-0.15, -0.1) is 10.2 Å². The van der Waals surface area contributed by atoms with Crippen LogP contribution in [0.25, 0.3) is 22.6 Å². The van der Waals surface area contributed by atoms with Gasteiger partial charge in [-0.05, 0) is 101 Å². The van der Waals surface area contributed by atoms with Crippen molar-refractivity contribution in [3.63, 3.8) is 0 Å². The summed E-state index contributed by atoms with van der Waals surface area (Å²) in [4.78, 5) is 23.9. The Hall–Kier alpha value is -5.18. The summed E-state index contributed by atoms with van der Waals surface area (Å²) in [5.74, 6) is -4.84. The Labute approximate surface area is 290 Å². The van der Waals surface area contributed by atoms with Crippen LogP contribution in [0.2, 0.25) is 0 Å². The summed E-state index contributed by atoms with van der Waals surface area (Å²) in [6, 6.07) is 19.0. The summed E-state index contributed by atoms with van der Waals surface area (Å²) in [5.41, 5.74) is 0.969. The number of amides is 1. The number of benzene rings is 3. The second kappa shape index (κ2) is 16.0. The maximum Gasteiger partial charge on any atom is 0.408 e. The number of ether oxygens (including phenoxy) is 2. The molecule has 0 aliphatic rings. The highest BCUT2D eigenvalue weighted by Gasteiger charge is 2.40. The molecule has 1 atom stereocenters. The average Bonchev–Trinajstić information content (AvgIpc) is 3.56. The minimum absolute atomic E-state index is 0.000244. The molecule has 1 aromatic heterocycles. The van der Waals surface area contributed by atoms with Gasteiger partial charge in [0, 0.05) is 12.0 Å². The number of nitrogens with zero attached hydrogens (tertiary/aromatic N) is 3. The maximum absolute atomic E-state index is 15.1. The molecule has 3 aromatic carbocycles. The summed E-state index contributed by atoms with van der Waals surface area (Å²) in [5, 5.41) is 18.8. The number of rotatable bonds is 10. The molecule has 0 aliphatic carbocycles. The fraction of sp³-hybridized carbons (Fsp3) is 0.395. The van der Waals surface area contributed by atoms with Gasteiger partial charge in [0.05, 0.1) is 24.8 Å². The van der Waals surface area contributed by atoms with Gasteiger partial charge in [-0.1, -0.05) is 43.3 Å². The van der Waals surface area contributed by atoms with Crippen LogP contribution in [0.15, 0.2) is 65.1 Å². The monoisotopic (exact) mass is 692 g/mol. The lowest BCUT2D eigenvalue weighted by molar-refractivity contribution is -0.122. The number of carbonyl (C=O) groups excluding carboxylic acids is 2. The summed E-state index contributed by atoms with van der Waals surface area (Å²) in [6.07, 6.45) is -1.03. The topological polar surface area (TPSA) is 127 Å². The Morgan fingerprint density at radius 3 is 2.06 bits per heavy atom. The SMILES string of the molecule is CC(=O)C(CC(F)(F)c1cc(F)c(-c2nnc(C(C)(C)C#N)o2)cc1C)NC(=O)OC(C)(C)C.CCc1ccc(-c2ccc(OC)cc2)cc1. The Morgan fingerprint density at radius 2 is 1.56 bits per heavy atom. The van der Waals surface area contributed by atoms with Crippen LogP contribution in [0.4, 0.5) is 18.0 Å². The van der Waals surface area contributed by atoms with Gasteiger partial charge in [-0.3, -0.25) is 4.79 Å². The highest BCUT2D eigenvalue weighted by molar-refractivity contribution is 5.85. The number of methoxy groups -OCH3 is 1. The molecule has 9 nitrogen and oxygen atoms in total. The van der Waals surface area contributed by atoms with Crippen molar-refractivity contribution in [1.29, 1.82) is 5.26 Å². The number of nitriles is 1. The van der Waals surface area contributed by atoms with E-state index in [1.54, 1.807) is 27.9 Å². The van der Waals surface area contributed by atoms with E-state index in [9.17, 15) is 19.2 Å². The number of halogens is 3. The molecule has 50 heavy (non-hydrogen) atoms. The Balaban J connectivity index is 0.000000349. The molecule has 0 spiro atoms. The van der Waals surface area contributed by atoms with E-state index < -0.39 is 52.7 Å². The van der Waals surface area contributed by atoms with Crippen LogP contribution in [0.5, 0.6) is 5.75 Å². The minimum atomic E-state index is -3.67.